The van der Waals surface area contributed by atoms with Gasteiger partial charge in [0.25, 0.3) is 0 Å². The summed E-state index contributed by atoms with van der Waals surface area (Å²) in [7, 11) is 0. The Hall–Kier alpha value is -1.56. The molecule has 1 aromatic rings. The lowest BCUT2D eigenvalue weighted by Crippen LogP contribution is -2.54. The third-order valence-electron chi connectivity index (χ3n) is 4.11. The van der Waals surface area contributed by atoms with Crippen molar-refractivity contribution >= 4 is 23.3 Å². The van der Waals surface area contributed by atoms with E-state index < -0.39 is 11.5 Å². The number of carboxylic acid groups (broad SMARTS) is 1. The molecule has 0 bridgehead atoms. The van der Waals surface area contributed by atoms with E-state index in [1.54, 1.807) is 18.3 Å². The van der Waals surface area contributed by atoms with Gasteiger partial charge in [-0.2, -0.15) is 0 Å². The van der Waals surface area contributed by atoms with Crippen LogP contribution in [0.2, 0.25) is 0 Å². The van der Waals surface area contributed by atoms with Crippen molar-refractivity contribution in [2.45, 2.75) is 51.1 Å². The molecule has 2 N–H and O–H groups in total. The minimum atomic E-state index is -1.09. The topological polar surface area (TPSA) is 69.6 Å². The monoisotopic (exact) mass is 310 g/mol. The Morgan fingerprint density at radius 3 is 2.90 bits per heavy atom. The third kappa shape index (κ3) is 3.20. The average molecular weight is 310 g/mol. The minimum absolute atomic E-state index is 0.0406. The maximum atomic E-state index is 12.5. The van der Waals surface area contributed by atoms with Crippen LogP contribution in [0.25, 0.3) is 0 Å². The highest BCUT2D eigenvalue weighted by atomic mass is 32.1. The van der Waals surface area contributed by atoms with Gasteiger partial charge < -0.3 is 15.3 Å². The predicted molar refractivity (Wildman–Crippen MR) is 82.5 cm³/mol. The molecule has 1 aliphatic rings. The lowest BCUT2D eigenvalue weighted by Gasteiger charge is -2.32. The molecule has 116 valence electrons. The number of nitrogens with zero attached hydrogens (tertiary/aromatic N) is 1. The molecule has 1 saturated heterocycles. The van der Waals surface area contributed by atoms with E-state index in [0.29, 0.717) is 13.0 Å². The molecule has 0 spiro atoms. The first-order valence-electron chi connectivity index (χ1n) is 7.34. The minimum Gasteiger partial charge on any atom is -0.480 e. The van der Waals surface area contributed by atoms with E-state index in [1.807, 2.05) is 17.5 Å². The molecule has 0 radical (unpaired) electrons. The van der Waals surface area contributed by atoms with E-state index in [0.717, 1.165) is 24.1 Å². The van der Waals surface area contributed by atoms with Crippen molar-refractivity contribution in [1.29, 1.82) is 0 Å². The Morgan fingerprint density at radius 2 is 2.33 bits per heavy atom. The SMILES string of the molecule is CCCC(NC(=O)N1CCCC1(C)C(=O)O)c1cccs1. The summed E-state index contributed by atoms with van der Waals surface area (Å²) < 4.78 is 0. The summed E-state index contributed by atoms with van der Waals surface area (Å²) >= 11 is 1.61. The average Bonchev–Trinajstić information content (AvgIpc) is 3.07. The molecular weight excluding hydrogens is 288 g/mol. The molecule has 2 heterocycles. The summed E-state index contributed by atoms with van der Waals surface area (Å²) in [5, 5.41) is 14.4. The molecule has 1 aromatic heterocycles. The second kappa shape index (κ2) is 6.47. The van der Waals surface area contributed by atoms with Crippen LogP contribution < -0.4 is 5.32 Å². The van der Waals surface area contributed by atoms with Gasteiger partial charge in [0.2, 0.25) is 0 Å². The van der Waals surface area contributed by atoms with Crippen LogP contribution in [0.1, 0.15) is 50.4 Å². The van der Waals surface area contributed by atoms with Crippen LogP contribution in [0.3, 0.4) is 0 Å². The smallest absolute Gasteiger partial charge is 0.329 e. The number of carbonyl (C=O) groups is 2. The van der Waals surface area contributed by atoms with Crippen molar-refractivity contribution in [3.05, 3.63) is 22.4 Å². The van der Waals surface area contributed by atoms with Crippen molar-refractivity contribution in [1.82, 2.24) is 10.2 Å². The summed E-state index contributed by atoms with van der Waals surface area (Å²) in [6.45, 7) is 4.20. The second-order valence-corrected chi connectivity index (χ2v) is 6.62. The molecule has 2 unspecified atom stereocenters. The van der Waals surface area contributed by atoms with E-state index in [-0.39, 0.29) is 12.1 Å². The van der Waals surface area contributed by atoms with E-state index in [1.165, 1.54) is 4.90 Å². The van der Waals surface area contributed by atoms with Crippen LogP contribution >= 0.6 is 11.3 Å². The number of carboxylic acids is 1. The number of hydrogen-bond donors (Lipinski definition) is 2. The molecule has 0 aliphatic carbocycles. The van der Waals surface area contributed by atoms with Gasteiger partial charge in [-0.3, -0.25) is 0 Å². The fourth-order valence-corrected chi connectivity index (χ4v) is 3.61. The molecule has 2 rings (SSSR count). The number of carbonyl (C=O) groups excluding carboxylic acids is 1. The second-order valence-electron chi connectivity index (χ2n) is 5.64. The number of hydrogen-bond acceptors (Lipinski definition) is 3. The summed E-state index contributed by atoms with van der Waals surface area (Å²) in [4.78, 5) is 26.5. The molecule has 6 heteroatoms. The molecule has 2 atom stereocenters. The summed E-state index contributed by atoms with van der Waals surface area (Å²) in [5.41, 5.74) is -1.09. The first kappa shape index (κ1) is 15.8. The van der Waals surface area contributed by atoms with E-state index in [4.69, 9.17) is 0 Å². The fourth-order valence-electron chi connectivity index (χ4n) is 2.80. The number of rotatable bonds is 5. The van der Waals surface area contributed by atoms with Crippen LogP contribution in [0, 0.1) is 0 Å². The van der Waals surface area contributed by atoms with Gasteiger partial charge in [0.1, 0.15) is 5.54 Å². The Balaban J connectivity index is 2.10. The van der Waals surface area contributed by atoms with Crippen molar-refractivity contribution in [3.8, 4) is 0 Å². The zero-order chi connectivity index (χ0) is 15.5. The summed E-state index contributed by atoms with van der Waals surface area (Å²) in [6.07, 6.45) is 3.05. The van der Waals surface area contributed by atoms with Gasteiger partial charge in [-0.25, -0.2) is 9.59 Å². The van der Waals surface area contributed by atoms with E-state index >= 15 is 0 Å². The number of urea groups is 1. The maximum Gasteiger partial charge on any atom is 0.329 e. The van der Waals surface area contributed by atoms with Gasteiger partial charge in [-0.1, -0.05) is 19.4 Å². The highest BCUT2D eigenvalue weighted by Gasteiger charge is 2.46. The van der Waals surface area contributed by atoms with E-state index in [2.05, 4.69) is 12.2 Å². The standard InChI is InChI=1S/C15H22N2O3S/c1-3-6-11(12-7-4-10-21-12)16-14(20)17-9-5-8-15(17,2)13(18)19/h4,7,10-11H,3,5-6,8-9H2,1-2H3,(H,16,20)(H,18,19). The Bertz CT molecular complexity index is 503. The number of aliphatic carboxylic acids is 1. The highest BCUT2D eigenvalue weighted by molar-refractivity contribution is 7.10. The lowest BCUT2D eigenvalue weighted by atomic mass is 10.00. The number of amides is 2. The molecule has 2 amide bonds. The van der Waals surface area contributed by atoms with Crippen molar-refractivity contribution in [3.63, 3.8) is 0 Å². The van der Waals surface area contributed by atoms with Crippen LogP contribution in [-0.4, -0.2) is 34.1 Å². The zero-order valence-corrected chi connectivity index (χ0v) is 13.3. The third-order valence-corrected chi connectivity index (χ3v) is 5.09. The first-order chi connectivity index (χ1) is 9.99. The van der Waals surface area contributed by atoms with Gasteiger partial charge in [0.05, 0.1) is 6.04 Å². The molecule has 1 aliphatic heterocycles. The molecule has 1 fully saturated rings. The zero-order valence-electron chi connectivity index (χ0n) is 12.5. The first-order valence-corrected chi connectivity index (χ1v) is 8.22. The van der Waals surface area contributed by atoms with Gasteiger partial charge in [-0.15, -0.1) is 11.3 Å². The quantitative estimate of drug-likeness (QED) is 0.877. The highest BCUT2D eigenvalue weighted by Crippen LogP contribution is 2.30. The molecule has 21 heavy (non-hydrogen) atoms. The normalized spacial score (nSPS) is 23.0. The molecular formula is C15H22N2O3S. The number of thiophene rings is 1. The Labute approximate surface area is 129 Å². The van der Waals surface area contributed by atoms with Crippen LogP contribution in [0.15, 0.2) is 17.5 Å². The van der Waals surface area contributed by atoms with Crippen molar-refractivity contribution in [2.75, 3.05) is 6.54 Å². The Kier molecular flexibility index (Phi) is 4.88. The van der Waals surface area contributed by atoms with Gasteiger partial charge in [-0.05, 0) is 37.6 Å². The van der Waals surface area contributed by atoms with Gasteiger partial charge in [0, 0.05) is 11.4 Å². The van der Waals surface area contributed by atoms with Crippen molar-refractivity contribution in [2.24, 2.45) is 0 Å². The van der Waals surface area contributed by atoms with Crippen LogP contribution in [-0.2, 0) is 4.79 Å². The maximum absolute atomic E-state index is 12.5. The van der Waals surface area contributed by atoms with Gasteiger partial charge in [0.15, 0.2) is 0 Å². The molecule has 0 aromatic carbocycles. The van der Waals surface area contributed by atoms with E-state index in [9.17, 15) is 14.7 Å². The fraction of sp³-hybridized carbons (Fsp3) is 0.600. The van der Waals surface area contributed by atoms with Crippen LogP contribution in [0.4, 0.5) is 4.79 Å². The largest absolute Gasteiger partial charge is 0.480 e. The Morgan fingerprint density at radius 1 is 1.57 bits per heavy atom. The summed E-state index contributed by atoms with van der Waals surface area (Å²) in [6, 6.07) is 3.66. The predicted octanol–water partition coefficient (Wildman–Crippen LogP) is 3.24. The molecule has 5 nitrogen and oxygen atoms in total. The van der Waals surface area contributed by atoms with Crippen molar-refractivity contribution < 1.29 is 14.7 Å². The lowest BCUT2D eigenvalue weighted by molar-refractivity contribution is -0.147. The molecule has 0 saturated carbocycles. The summed E-state index contributed by atoms with van der Waals surface area (Å²) in [5.74, 6) is -0.932. The van der Waals surface area contributed by atoms with Crippen LogP contribution in [0.5, 0.6) is 0 Å². The number of nitrogens with one attached hydrogen (secondary N) is 1. The number of likely N-dealkylation sites (tertiary alicyclic amines) is 1. The van der Waals surface area contributed by atoms with Gasteiger partial charge >= 0.3 is 12.0 Å².